The van der Waals surface area contributed by atoms with Crippen LogP contribution in [0.25, 0.3) is 0 Å². The van der Waals surface area contributed by atoms with Crippen LogP contribution in [0.5, 0.6) is 0 Å². The maximum atomic E-state index is 5.99. The highest BCUT2D eigenvalue weighted by Crippen LogP contribution is 2.18. The zero-order valence-electron chi connectivity index (χ0n) is 14.5. The summed E-state index contributed by atoms with van der Waals surface area (Å²) in [5, 5.41) is 3.15. The fourth-order valence-electron chi connectivity index (χ4n) is 2.32. The predicted molar refractivity (Wildman–Crippen MR) is 112 cm³/mol. The Balaban J connectivity index is 0.00000288. The van der Waals surface area contributed by atoms with E-state index in [0.717, 1.165) is 16.8 Å². The summed E-state index contributed by atoms with van der Waals surface area (Å²) >= 11 is 0. The first-order chi connectivity index (χ1) is 11.1. The third-order valence-electron chi connectivity index (χ3n) is 3.56. The summed E-state index contributed by atoms with van der Waals surface area (Å²) in [7, 11) is 1.69. The number of nitrogens with zero attached hydrogens (tertiary/aromatic N) is 1. The number of rotatable bonds is 6. The van der Waals surface area contributed by atoms with Crippen LogP contribution < -0.4 is 11.1 Å². The number of nitrogens with two attached hydrogens (primary N) is 1. The average Bonchev–Trinajstić information content (AvgIpc) is 2.54. The molecule has 2 aromatic rings. The van der Waals surface area contributed by atoms with E-state index >= 15 is 0 Å². The van der Waals surface area contributed by atoms with E-state index in [-0.39, 0.29) is 24.0 Å². The van der Waals surface area contributed by atoms with Crippen molar-refractivity contribution in [2.45, 2.75) is 32.9 Å². The molecule has 0 aliphatic heterocycles. The smallest absolute Gasteiger partial charge is 0.193 e. The van der Waals surface area contributed by atoms with Crippen molar-refractivity contribution in [3.05, 3.63) is 65.2 Å². The topological polar surface area (TPSA) is 59.6 Å². The Labute approximate surface area is 161 Å². The number of methoxy groups -OCH3 is 1. The Hall–Kier alpha value is -1.60. The second-order valence-corrected chi connectivity index (χ2v) is 5.86. The van der Waals surface area contributed by atoms with Gasteiger partial charge in [0.05, 0.1) is 13.2 Å². The third-order valence-corrected chi connectivity index (χ3v) is 3.56. The molecule has 0 saturated heterocycles. The number of guanidine groups is 1. The monoisotopic (exact) mass is 439 g/mol. The van der Waals surface area contributed by atoms with Crippen molar-refractivity contribution in [1.82, 2.24) is 0 Å². The van der Waals surface area contributed by atoms with Crippen LogP contribution in [-0.4, -0.2) is 13.1 Å². The molecule has 0 fully saturated rings. The zero-order chi connectivity index (χ0) is 16.7. The molecule has 2 rings (SSSR count). The first-order valence-electron chi connectivity index (χ1n) is 7.82. The number of aliphatic imine (C=N–C) groups is 1. The van der Waals surface area contributed by atoms with Crippen LogP contribution in [0.3, 0.4) is 0 Å². The van der Waals surface area contributed by atoms with E-state index in [9.17, 15) is 0 Å². The van der Waals surface area contributed by atoms with Crippen LogP contribution in [-0.2, 0) is 17.9 Å². The van der Waals surface area contributed by atoms with E-state index in [0.29, 0.717) is 25.0 Å². The molecule has 5 heteroatoms. The minimum absolute atomic E-state index is 0. The third kappa shape index (κ3) is 6.49. The Bertz CT molecular complexity index is 671. The zero-order valence-corrected chi connectivity index (χ0v) is 16.8. The highest BCUT2D eigenvalue weighted by atomic mass is 127. The van der Waals surface area contributed by atoms with E-state index in [1.165, 1.54) is 5.56 Å². The van der Waals surface area contributed by atoms with Gasteiger partial charge in [-0.2, -0.15) is 0 Å². The summed E-state index contributed by atoms with van der Waals surface area (Å²) in [6.45, 7) is 5.49. The fraction of sp³-hybridized carbons (Fsp3) is 0.316. The molecule has 0 radical (unpaired) electrons. The molecule has 0 unspecified atom stereocenters. The molecule has 0 spiro atoms. The molecular formula is C19H26IN3O. The van der Waals surface area contributed by atoms with Crippen molar-refractivity contribution in [1.29, 1.82) is 0 Å². The summed E-state index contributed by atoms with van der Waals surface area (Å²) in [4.78, 5) is 4.41. The van der Waals surface area contributed by atoms with Gasteiger partial charge in [-0.3, -0.25) is 0 Å². The van der Waals surface area contributed by atoms with Crippen LogP contribution in [0, 0.1) is 0 Å². The maximum absolute atomic E-state index is 5.99. The van der Waals surface area contributed by atoms with Gasteiger partial charge in [0.1, 0.15) is 0 Å². The van der Waals surface area contributed by atoms with Crippen molar-refractivity contribution >= 4 is 35.6 Å². The highest BCUT2D eigenvalue weighted by Gasteiger charge is 2.01. The fourth-order valence-corrected chi connectivity index (χ4v) is 2.32. The molecular weight excluding hydrogens is 413 g/mol. The minimum Gasteiger partial charge on any atom is -0.380 e. The van der Waals surface area contributed by atoms with Gasteiger partial charge < -0.3 is 15.8 Å². The standard InChI is InChI=1S/C19H25N3O.HI/c1-14(2)17-8-5-9-18(11-17)22-19(20)21-12-15-6-4-7-16(10-15)13-23-3;/h4-11,14H,12-13H2,1-3H3,(H3,20,21,22);1H. The van der Waals surface area contributed by atoms with Crippen molar-refractivity contribution in [3.8, 4) is 0 Å². The number of halogens is 1. The van der Waals surface area contributed by atoms with Gasteiger partial charge >= 0.3 is 0 Å². The first-order valence-corrected chi connectivity index (χ1v) is 7.82. The van der Waals surface area contributed by atoms with Gasteiger partial charge in [-0.1, -0.05) is 50.2 Å². The molecule has 2 aromatic carbocycles. The van der Waals surface area contributed by atoms with E-state index in [2.05, 4.69) is 42.4 Å². The van der Waals surface area contributed by atoms with Crippen molar-refractivity contribution < 1.29 is 4.74 Å². The maximum Gasteiger partial charge on any atom is 0.193 e. The van der Waals surface area contributed by atoms with Gasteiger partial charge in [-0.25, -0.2) is 4.99 Å². The lowest BCUT2D eigenvalue weighted by Gasteiger charge is -2.10. The minimum atomic E-state index is 0. The summed E-state index contributed by atoms with van der Waals surface area (Å²) < 4.78 is 5.15. The van der Waals surface area contributed by atoms with Gasteiger partial charge in [0.15, 0.2) is 5.96 Å². The van der Waals surface area contributed by atoms with Crippen LogP contribution in [0.2, 0.25) is 0 Å². The van der Waals surface area contributed by atoms with Gasteiger partial charge in [0.2, 0.25) is 0 Å². The van der Waals surface area contributed by atoms with Gasteiger partial charge in [-0.15, -0.1) is 24.0 Å². The normalized spacial score (nSPS) is 11.2. The molecule has 0 atom stereocenters. The molecule has 0 bridgehead atoms. The lowest BCUT2D eigenvalue weighted by Crippen LogP contribution is -2.22. The molecule has 4 nitrogen and oxygen atoms in total. The molecule has 0 aliphatic carbocycles. The number of nitrogens with one attached hydrogen (secondary N) is 1. The molecule has 24 heavy (non-hydrogen) atoms. The van der Waals surface area contributed by atoms with E-state index in [1.54, 1.807) is 7.11 Å². The number of anilines is 1. The Morgan fingerprint density at radius 1 is 1.12 bits per heavy atom. The number of benzene rings is 2. The molecule has 3 N–H and O–H groups in total. The van der Waals surface area contributed by atoms with Crippen molar-refractivity contribution in [3.63, 3.8) is 0 Å². The molecule has 0 aliphatic rings. The Morgan fingerprint density at radius 3 is 2.54 bits per heavy atom. The number of hydrogen-bond donors (Lipinski definition) is 2. The van der Waals surface area contributed by atoms with E-state index in [4.69, 9.17) is 10.5 Å². The van der Waals surface area contributed by atoms with Crippen molar-refractivity contribution in [2.75, 3.05) is 12.4 Å². The summed E-state index contributed by atoms with van der Waals surface area (Å²) in [5.41, 5.74) is 10.5. The summed E-state index contributed by atoms with van der Waals surface area (Å²) in [5.74, 6) is 0.904. The van der Waals surface area contributed by atoms with E-state index in [1.807, 2.05) is 30.3 Å². The lowest BCUT2D eigenvalue weighted by molar-refractivity contribution is 0.185. The molecule has 130 valence electrons. The van der Waals surface area contributed by atoms with E-state index < -0.39 is 0 Å². The largest absolute Gasteiger partial charge is 0.380 e. The molecule has 0 aromatic heterocycles. The Kier molecular flexibility index (Phi) is 8.78. The quantitative estimate of drug-likeness (QED) is 0.396. The SMILES string of the molecule is COCc1cccc(CN=C(N)Nc2cccc(C(C)C)c2)c1.I. The average molecular weight is 439 g/mol. The highest BCUT2D eigenvalue weighted by molar-refractivity contribution is 14.0. The predicted octanol–water partition coefficient (Wildman–Crippen LogP) is 4.50. The summed E-state index contributed by atoms with van der Waals surface area (Å²) in [6, 6.07) is 16.4. The first kappa shape index (κ1) is 20.4. The number of ether oxygens (including phenoxy) is 1. The lowest BCUT2D eigenvalue weighted by atomic mass is 10.0. The second kappa shape index (κ2) is 10.3. The summed E-state index contributed by atoms with van der Waals surface area (Å²) in [6.07, 6.45) is 0. The van der Waals surface area contributed by atoms with Gasteiger partial charge in [-0.05, 0) is 34.7 Å². The molecule has 0 heterocycles. The van der Waals surface area contributed by atoms with Crippen LogP contribution in [0.15, 0.2) is 53.5 Å². The van der Waals surface area contributed by atoms with Gasteiger partial charge in [0.25, 0.3) is 0 Å². The van der Waals surface area contributed by atoms with Crippen LogP contribution >= 0.6 is 24.0 Å². The van der Waals surface area contributed by atoms with Crippen molar-refractivity contribution in [2.24, 2.45) is 10.7 Å². The molecule has 0 amide bonds. The van der Waals surface area contributed by atoms with Gasteiger partial charge in [0, 0.05) is 12.8 Å². The molecule has 0 saturated carbocycles. The van der Waals surface area contributed by atoms with Crippen LogP contribution in [0.4, 0.5) is 5.69 Å². The van der Waals surface area contributed by atoms with Crippen LogP contribution in [0.1, 0.15) is 36.5 Å². The Morgan fingerprint density at radius 2 is 1.83 bits per heavy atom. The number of hydrogen-bond acceptors (Lipinski definition) is 2. The second-order valence-electron chi connectivity index (χ2n) is 5.86.